The van der Waals surface area contributed by atoms with Crippen LogP contribution in [-0.4, -0.2) is 16.1 Å². The Labute approximate surface area is 77.4 Å². The van der Waals surface area contributed by atoms with Gasteiger partial charge in [-0.15, -0.1) is 0 Å². The number of carbonyl (C=O) groups is 1. The summed E-state index contributed by atoms with van der Waals surface area (Å²) in [6.07, 6.45) is 4.62. The molecule has 0 aromatic carbocycles. The van der Waals surface area contributed by atoms with Crippen LogP contribution in [0.3, 0.4) is 0 Å². The molecule has 1 rings (SSSR count). The minimum atomic E-state index is -0.723. The van der Waals surface area contributed by atoms with Gasteiger partial charge in [-0.1, -0.05) is 6.92 Å². The van der Waals surface area contributed by atoms with Crippen LogP contribution in [0.2, 0.25) is 0 Å². The van der Waals surface area contributed by atoms with Gasteiger partial charge in [0.1, 0.15) is 0 Å². The lowest BCUT2D eigenvalue weighted by molar-refractivity contribution is -0.141. The molecule has 1 heterocycles. The minimum absolute atomic E-state index is 0.276. The summed E-state index contributed by atoms with van der Waals surface area (Å²) in [6, 6.07) is 3.71. The number of aromatic nitrogens is 1. The molecule has 0 spiro atoms. The number of nitrogens with zero attached hydrogens (tertiary/aromatic N) is 1. The van der Waals surface area contributed by atoms with Crippen molar-refractivity contribution in [2.75, 3.05) is 0 Å². The van der Waals surface area contributed by atoms with Crippen molar-refractivity contribution in [3.8, 4) is 0 Å². The first-order valence-corrected chi connectivity index (χ1v) is 4.35. The van der Waals surface area contributed by atoms with E-state index in [4.69, 9.17) is 5.11 Å². The second-order valence-corrected chi connectivity index (χ2v) is 3.00. The molecular formula is C10H13NO2. The van der Waals surface area contributed by atoms with Crippen LogP contribution in [0.1, 0.15) is 18.9 Å². The molecule has 1 unspecified atom stereocenters. The van der Waals surface area contributed by atoms with Crippen LogP contribution in [0.4, 0.5) is 0 Å². The number of carboxylic acid groups (broad SMARTS) is 1. The molecule has 1 aromatic heterocycles. The third-order valence-electron chi connectivity index (χ3n) is 2.07. The van der Waals surface area contributed by atoms with Gasteiger partial charge in [0.05, 0.1) is 5.92 Å². The third kappa shape index (κ3) is 2.86. The second-order valence-electron chi connectivity index (χ2n) is 3.00. The van der Waals surface area contributed by atoms with E-state index in [1.807, 2.05) is 19.1 Å². The summed E-state index contributed by atoms with van der Waals surface area (Å²) in [7, 11) is 0. The molecule has 13 heavy (non-hydrogen) atoms. The van der Waals surface area contributed by atoms with Crippen molar-refractivity contribution in [1.29, 1.82) is 0 Å². The Bertz CT molecular complexity index is 272. The number of hydrogen-bond donors (Lipinski definition) is 1. The van der Waals surface area contributed by atoms with E-state index in [0.717, 1.165) is 5.56 Å². The van der Waals surface area contributed by atoms with Crippen LogP contribution in [0.15, 0.2) is 24.5 Å². The molecule has 1 atom stereocenters. The minimum Gasteiger partial charge on any atom is -0.481 e. The predicted octanol–water partition coefficient (Wildman–Crippen LogP) is 1.73. The van der Waals surface area contributed by atoms with Crippen molar-refractivity contribution in [1.82, 2.24) is 4.98 Å². The molecule has 0 radical (unpaired) electrons. The van der Waals surface area contributed by atoms with Gasteiger partial charge in [-0.25, -0.2) is 0 Å². The van der Waals surface area contributed by atoms with Crippen LogP contribution in [0.5, 0.6) is 0 Å². The van der Waals surface area contributed by atoms with E-state index in [2.05, 4.69) is 4.98 Å². The maximum Gasteiger partial charge on any atom is 0.306 e. The van der Waals surface area contributed by atoms with Gasteiger partial charge >= 0.3 is 5.97 Å². The molecule has 3 nitrogen and oxygen atoms in total. The lowest BCUT2D eigenvalue weighted by Gasteiger charge is -2.08. The normalized spacial score (nSPS) is 12.4. The van der Waals surface area contributed by atoms with Gasteiger partial charge in [-0.2, -0.15) is 0 Å². The number of pyridine rings is 1. The van der Waals surface area contributed by atoms with Gasteiger partial charge < -0.3 is 5.11 Å². The van der Waals surface area contributed by atoms with Gasteiger partial charge in [0, 0.05) is 12.4 Å². The summed E-state index contributed by atoms with van der Waals surface area (Å²) in [5.41, 5.74) is 1.03. The van der Waals surface area contributed by atoms with Gasteiger partial charge in [0.25, 0.3) is 0 Å². The standard InChI is InChI=1S/C10H13NO2/c1-2-9(10(12)13)7-8-3-5-11-6-4-8/h3-6,9H,2,7H2,1H3,(H,12,13). The summed E-state index contributed by atoms with van der Waals surface area (Å²) < 4.78 is 0. The molecule has 1 N–H and O–H groups in total. The van der Waals surface area contributed by atoms with Gasteiger partial charge in [0.15, 0.2) is 0 Å². The summed E-state index contributed by atoms with van der Waals surface area (Å²) in [5.74, 6) is -0.998. The van der Waals surface area contributed by atoms with Crippen LogP contribution in [0, 0.1) is 5.92 Å². The zero-order valence-electron chi connectivity index (χ0n) is 7.60. The van der Waals surface area contributed by atoms with E-state index in [1.165, 1.54) is 0 Å². The fourth-order valence-corrected chi connectivity index (χ4v) is 1.21. The summed E-state index contributed by atoms with van der Waals surface area (Å²) in [4.78, 5) is 14.6. The number of aliphatic carboxylic acids is 1. The molecule has 0 aliphatic carbocycles. The highest BCUT2D eigenvalue weighted by molar-refractivity contribution is 5.70. The van der Waals surface area contributed by atoms with E-state index in [9.17, 15) is 4.79 Å². The van der Waals surface area contributed by atoms with E-state index < -0.39 is 5.97 Å². The average molecular weight is 179 g/mol. The van der Waals surface area contributed by atoms with Gasteiger partial charge in [-0.05, 0) is 30.5 Å². The lowest BCUT2D eigenvalue weighted by atomic mass is 9.98. The van der Waals surface area contributed by atoms with Crippen LogP contribution in [-0.2, 0) is 11.2 Å². The number of carboxylic acids is 1. The van der Waals surface area contributed by atoms with Crippen LogP contribution in [0.25, 0.3) is 0 Å². The zero-order valence-corrected chi connectivity index (χ0v) is 7.60. The second kappa shape index (κ2) is 4.60. The van der Waals surface area contributed by atoms with Gasteiger partial charge in [0.2, 0.25) is 0 Å². The topological polar surface area (TPSA) is 50.2 Å². The Morgan fingerprint density at radius 3 is 2.62 bits per heavy atom. The van der Waals surface area contributed by atoms with Crippen molar-refractivity contribution in [3.63, 3.8) is 0 Å². The maximum absolute atomic E-state index is 10.7. The molecule has 0 fully saturated rings. The summed E-state index contributed by atoms with van der Waals surface area (Å²) in [6.45, 7) is 1.89. The molecule has 0 aliphatic rings. The quantitative estimate of drug-likeness (QED) is 0.765. The fraction of sp³-hybridized carbons (Fsp3) is 0.400. The largest absolute Gasteiger partial charge is 0.481 e. The summed E-state index contributed by atoms with van der Waals surface area (Å²) >= 11 is 0. The van der Waals surface area contributed by atoms with Crippen LogP contribution >= 0.6 is 0 Å². The molecular weight excluding hydrogens is 166 g/mol. The molecule has 70 valence electrons. The van der Waals surface area contributed by atoms with Crippen molar-refractivity contribution in [2.24, 2.45) is 5.92 Å². The highest BCUT2D eigenvalue weighted by atomic mass is 16.4. The SMILES string of the molecule is CCC(Cc1ccncc1)C(=O)O. The van der Waals surface area contributed by atoms with E-state index >= 15 is 0 Å². The molecule has 3 heteroatoms. The first-order chi connectivity index (χ1) is 6.24. The highest BCUT2D eigenvalue weighted by Gasteiger charge is 2.14. The average Bonchev–Trinajstić information content (AvgIpc) is 2.15. The summed E-state index contributed by atoms with van der Waals surface area (Å²) in [5, 5.41) is 8.82. The molecule has 0 aliphatic heterocycles. The molecule has 0 saturated heterocycles. The Kier molecular flexibility index (Phi) is 3.43. The molecule has 0 saturated carbocycles. The Balaban J connectivity index is 2.62. The third-order valence-corrected chi connectivity index (χ3v) is 2.07. The number of hydrogen-bond acceptors (Lipinski definition) is 2. The molecule has 0 bridgehead atoms. The van der Waals surface area contributed by atoms with E-state index in [-0.39, 0.29) is 5.92 Å². The van der Waals surface area contributed by atoms with Crippen LogP contribution < -0.4 is 0 Å². The smallest absolute Gasteiger partial charge is 0.306 e. The molecule has 0 amide bonds. The Morgan fingerprint density at radius 2 is 2.15 bits per heavy atom. The Hall–Kier alpha value is -1.38. The first-order valence-electron chi connectivity index (χ1n) is 4.35. The zero-order chi connectivity index (χ0) is 9.68. The maximum atomic E-state index is 10.7. The van der Waals surface area contributed by atoms with Crippen molar-refractivity contribution in [2.45, 2.75) is 19.8 Å². The number of rotatable bonds is 4. The van der Waals surface area contributed by atoms with Crippen molar-refractivity contribution in [3.05, 3.63) is 30.1 Å². The van der Waals surface area contributed by atoms with Gasteiger partial charge in [-0.3, -0.25) is 9.78 Å². The first kappa shape index (κ1) is 9.71. The van der Waals surface area contributed by atoms with E-state index in [1.54, 1.807) is 12.4 Å². The Morgan fingerprint density at radius 1 is 1.54 bits per heavy atom. The lowest BCUT2D eigenvalue weighted by Crippen LogP contribution is -2.15. The highest BCUT2D eigenvalue weighted by Crippen LogP contribution is 2.11. The monoisotopic (exact) mass is 179 g/mol. The fourth-order valence-electron chi connectivity index (χ4n) is 1.21. The predicted molar refractivity (Wildman–Crippen MR) is 49.4 cm³/mol. The van der Waals surface area contributed by atoms with Crippen molar-refractivity contribution < 1.29 is 9.90 Å². The molecule has 1 aromatic rings. The van der Waals surface area contributed by atoms with E-state index in [0.29, 0.717) is 12.8 Å². The van der Waals surface area contributed by atoms with Crippen molar-refractivity contribution >= 4 is 5.97 Å².